The number of aryl methyl sites for hydroxylation is 1. The second-order valence-corrected chi connectivity index (χ2v) is 4.86. The molecule has 1 aliphatic rings. The number of hydrogen-bond donors (Lipinski definition) is 2. The number of carbonyl (C=O) groups excluding carboxylic acids is 1. The van der Waals surface area contributed by atoms with Crippen LogP contribution in [0.25, 0.3) is 0 Å². The number of fused-ring (bicyclic) bond motifs is 1. The zero-order valence-electron chi connectivity index (χ0n) is 10.9. The van der Waals surface area contributed by atoms with Gasteiger partial charge < -0.3 is 15.1 Å². The molecule has 1 aliphatic heterocycles. The van der Waals surface area contributed by atoms with Crippen LogP contribution in [-0.4, -0.2) is 22.7 Å². The molecule has 1 amide bonds. The molecule has 4 heteroatoms. The van der Waals surface area contributed by atoms with Crippen molar-refractivity contribution in [3.8, 4) is 11.5 Å². The predicted octanol–water partition coefficient (Wildman–Crippen LogP) is 2.69. The third-order valence-electron chi connectivity index (χ3n) is 3.58. The molecule has 0 atom stereocenters. The van der Waals surface area contributed by atoms with Gasteiger partial charge in [0.25, 0.3) is 5.91 Å². The molecule has 0 fully saturated rings. The zero-order chi connectivity index (χ0) is 14.1. The van der Waals surface area contributed by atoms with E-state index in [0.717, 1.165) is 18.4 Å². The van der Waals surface area contributed by atoms with Crippen molar-refractivity contribution in [2.75, 3.05) is 11.4 Å². The molecule has 0 bridgehead atoms. The van der Waals surface area contributed by atoms with Gasteiger partial charge in [-0.1, -0.05) is 24.3 Å². The molecular weight excluding hydrogens is 254 g/mol. The highest BCUT2D eigenvalue weighted by Gasteiger charge is 2.27. The van der Waals surface area contributed by atoms with Crippen molar-refractivity contribution in [2.24, 2.45) is 0 Å². The Morgan fingerprint density at radius 1 is 1.00 bits per heavy atom. The van der Waals surface area contributed by atoms with E-state index in [0.29, 0.717) is 12.2 Å². The summed E-state index contributed by atoms with van der Waals surface area (Å²) in [5.41, 5.74) is 1.77. The lowest BCUT2D eigenvalue weighted by Crippen LogP contribution is -2.35. The van der Waals surface area contributed by atoms with Gasteiger partial charge in [0.15, 0.2) is 0 Å². The molecule has 0 aromatic heterocycles. The molecule has 0 saturated heterocycles. The molecule has 102 valence electrons. The van der Waals surface area contributed by atoms with Crippen LogP contribution in [-0.2, 0) is 6.42 Å². The average molecular weight is 269 g/mol. The first-order valence-corrected chi connectivity index (χ1v) is 6.59. The molecular formula is C16H15NO3. The topological polar surface area (TPSA) is 60.8 Å². The lowest BCUT2D eigenvalue weighted by molar-refractivity contribution is 0.0981. The second kappa shape index (κ2) is 4.89. The number of nitrogens with zero attached hydrogens (tertiary/aromatic N) is 1. The van der Waals surface area contributed by atoms with Gasteiger partial charge in [0.05, 0.1) is 11.3 Å². The van der Waals surface area contributed by atoms with Crippen LogP contribution in [0.4, 0.5) is 5.69 Å². The van der Waals surface area contributed by atoms with E-state index in [1.54, 1.807) is 35.2 Å². The van der Waals surface area contributed by atoms with E-state index in [4.69, 9.17) is 0 Å². The summed E-state index contributed by atoms with van der Waals surface area (Å²) in [5.74, 6) is -0.225. The number of phenols is 2. The third-order valence-corrected chi connectivity index (χ3v) is 3.58. The molecule has 0 aliphatic carbocycles. The summed E-state index contributed by atoms with van der Waals surface area (Å²) in [6.07, 6.45) is 1.68. The highest BCUT2D eigenvalue weighted by Crippen LogP contribution is 2.36. The Hall–Kier alpha value is -2.49. The third kappa shape index (κ3) is 1.99. The quantitative estimate of drug-likeness (QED) is 0.836. The SMILES string of the molecule is O=C(c1ccccc1O)N1CCCc2cccc(O)c21. The number of rotatable bonds is 1. The fraction of sp³-hybridized carbons (Fsp3) is 0.188. The first-order chi connectivity index (χ1) is 9.68. The van der Waals surface area contributed by atoms with E-state index in [1.807, 2.05) is 6.07 Å². The van der Waals surface area contributed by atoms with Crippen molar-refractivity contribution < 1.29 is 15.0 Å². The summed E-state index contributed by atoms with van der Waals surface area (Å²) in [7, 11) is 0. The van der Waals surface area contributed by atoms with Crippen molar-refractivity contribution in [3.05, 3.63) is 53.6 Å². The molecule has 1 heterocycles. The van der Waals surface area contributed by atoms with Gasteiger partial charge in [0.1, 0.15) is 11.5 Å². The number of carbonyl (C=O) groups is 1. The molecule has 4 nitrogen and oxygen atoms in total. The summed E-state index contributed by atoms with van der Waals surface area (Å²) >= 11 is 0. The number of benzene rings is 2. The first-order valence-electron chi connectivity index (χ1n) is 6.59. The fourth-order valence-corrected chi connectivity index (χ4v) is 2.63. The lowest BCUT2D eigenvalue weighted by Gasteiger charge is -2.30. The van der Waals surface area contributed by atoms with Gasteiger partial charge >= 0.3 is 0 Å². The fourth-order valence-electron chi connectivity index (χ4n) is 2.63. The van der Waals surface area contributed by atoms with E-state index < -0.39 is 0 Å². The second-order valence-electron chi connectivity index (χ2n) is 4.86. The number of aromatic hydroxyl groups is 2. The van der Waals surface area contributed by atoms with Crippen molar-refractivity contribution in [1.29, 1.82) is 0 Å². The van der Waals surface area contributed by atoms with Gasteiger partial charge in [-0.3, -0.25) is 4.79 Å². The molecule has 0 spiro atoms. The maximum Gasteiger partial charge on any atom is 0.262 e. The summed E-state index contributed by atoms with van der Waals surface area (Å²) in [5, 5.41) is 19.9. The number of hydrogen-bond acceptors (Lipinski definition) is 3. The van der Waals surface area contributed by atoms with Crippen molar-refractivity contribution in [1.82, 2.24) is 0 Å². The first kappa shape index (κ1) is 12.5. The van der Waals surface area contributed by atoms with Crippen LogP contribution >= 0.6 is 0 Å². The Morgan fingerprint density at radius 3 is 2.55 bits per heavy atom. The maximum atomic E-state index is 12.6. The van der Waals surface area contributed by atoms with Crippen LogP contribution in [0.5, 0.6) is 11.5 Å². The van der Waals surface area contributed by atoms with Crippen LogP contribution in [0.15, 0.2) is 42.5 Å². The van der Waals surface area contributed by atoms with Crippen LogP contribution < -0.4 is 4.90 Å². The lowest BCUT2D eigenvalue weighted by atomic mass is 10.00. The molecule has 0 unspecified atom stereocenters. The summed E-state index contributed by atoms with van der Waals surface area (Å²) < 4.78 is 0. The number of amides is 1. The van der Waals surface area contributed by atoms with Gasteiger partial charge in [-0.15, -0.1) is 0 Å². The normalized spacial score (nSPS) is 13.9. The molecule has 2 aromatic carbocycles. The summed E-state index contributed by atoms with van der Waals surface area (Å²) in [6, 6.07) is 11.7. The number of anilines is 1. The molecule has 20 heavy (non-hydrogen) atoms. The van der Waals surface area contributed by atoms with Crippen LogP contribution in [0.1, 0.15) is 22.3 Å². The highest BCUT2D eigenvalue weighted by molar-refractivity contribution is 6.09. The molecule has 3 rings (SSSR count). The Balaban J connectivity index is 2.05. The van der Waals surface area contributed by atoms with Crippen LogP contribution in [0.2, 0.25) is 0 Å². The summed E-state index contributed by atoms with van der Waals surface area (Å²) in [4.78, 5) is 14.1. The van der Waals surface area contributed by atoms with E-state index >= 15 is 0 Å². The highest BCUT2D eigenvalue weighted by atomic mass is 16.3. The van der Waals surface area contributed by atoms with Gasteiger partial charge in [-0.05, 0) is 36.6 Å². The molecule has 2 aromatic rings. The minimum absolute atomic E-state index is 0.0416. The van der Waals surface area contributed by atoms with E-state index in [1.165, 1.54) is 6.07 Å². The van der Waals surface area contributed by atoms with Gasteiger partial charge in [0.2, 0.25) is 0 Å². The van der Waals surface area contributed by atoms with E-state index in [-0.39, 0.29) is 23.0 Å². The van der Waals surface area contributed by atoms with Gasteiger partial charge in [0, 0.05) is 6.54 Å². The van der Waals surface area contributed by atoms with Gasteiger partial charge in [-0.2, -0.15) is 0 Å². The van der Waals surface area contributed by atoms with Crippen LogP contribution in [0, 0.1) is 0 Å². The minimum atomic E-state index is -0.287. The molecule has 0 saturated carbocycles. The Morgan fingerprint density at radius 2 is 1.75 bits per heavy atom. The monoisotopic (exact) mass is 269 g/mol. The Bertz CT molecular complexity index is 667. The molecule has 2 N–H and O–H groups in total. The maximum absolute atomic E-state index is 12.6. The Kier molecular flexibility index (Phi) is 3.06. The zero-order valence-corrected chi connectivity index (χ0v) is 10.9. The standard InChI is InChI=1S/C16H15NO3/c18-13-8-2-1-7-12(13)16(20)17-10-4-6-11-5-3-9-14(19)15(11)17/h1-3,5,7-9,18-19H,4,6,10H2. The van der Waals surface area contributed by atoms with Crippen molar-refractivity contribution in [3.63, 3.8) is 0 Å². The van der Waals surface area contributed by atoms with Crippen molar-refractivity contribution >= 4 is 11.6 Å². The summed E-state index contributed by atoms with van der Waals surface area (Å²) in [6.45, 7) is 0.539. The van der Waals surface area contributed by atoms with Crippen molar-refractivity contribution in [2.45, 2.75) is 12.8 Å². The van der Waals surface area contributed by atoms with E-state index in [2.05, 4.69) is 0 Å². The predicted molar refractivity (Wildman–Crippen MR) is 76.2 cm³/mol. The number of phenolic OH excluding ortho intramolecular Hbond substituents is 2. The van der Waals surface area contributed by atoms with Gasteiger partial charge in [-0.25, -0.2) is 0 Å². The molecule has 0 radical (unpaired) electrons. The largest absolute Gasteiger partial charge is 0.507 e. The number of para-hydroxylation sites is 2. The minimum Gasteiger partial charge on any atom is -0.507 e. The smallest absolute Gasteiger partial charge is 0.262 e. The Labute approximate surface area is 116 Å². The van der Waals surface area contributed by atoms with E-state index in [9.17, 15) is 15.0 Å². The van der Waals surface area contributed by atoms with Crippen LogP contribution in [0.3, 0.4) is 0 Å². The average Bonchev–Trinajstić information content (AvgIpc) is 2.47.